The standard InChI is InChI=1S/C18H24N4O3S2/c23-27(24,22-10-12-25-13-11-22)21-8-6-16(7-9-21)19-18-20-17(14-26-18)15-4-2-1-3-5-15/h1-5,14,16H,6-13H2,(H,19,20). The van der Waals surface area contributed by atoms with Crippen LogP contribution in [0.4, 0.5) is 5.13 Å². The van der Waals surface area contributed by atoms with Crippen molar-refractivity contribution in [2.24, 2.45) is 0 Å². The van der Waals surface area contributed by atoms with Crippen LogP contribution >= 0.6 is 11.3 Å². The zero-order valence-electron chi connectivity index (χ0n) is 15.1. The maximum absolute atomic E-state index is 12.7. The lowest BCUT2D eigenvalue weighted by Crippen LogP contribution is -2.51. The number of ether oxygens (including phenoxy) is 1. The predicted octanol–water partition coefficient (Wildman–Crippen LogP) is 2.26. The van der Waals surface area contributed by atoms with Gasteiger partial charge in [-0.1, -0.05) is 30.3 Å². The van der Waals surface area contributed by atoms with Crippen LogP contribution in [0.25, 0.3) is 11.3 Å². The summed E-state index contributed by atoms with van der Waals surface area (Å²) in [4.78, 5) is 4.67. The third-order valence-corrected chi connectivity index (χ3v) is 7.79. The van der Waals surface area contributed by atoms with Crippen molar-refractivity contribution in [3.63, 3.8) is 0 Å². The highest BCUT2D eigenvalue weighted by molar-refractivity contribution is 7.86. The van der Waals surface area contributed by atoms with Crippen LogP contribution < -0.4 is 5.32 Å². The molecule has 0 aliphatic carbocycles. The van der Waals surface area contributed by atoms with Crippen molar-refractivity contribution in [3.05, 3.63) is 35.7 Å². The fourth-order valence-corrected chi connectivity index (χ4v) is 5.83. The maximum atomic E-state index is 12.7. The SMILES string of the molecule is O=S(=O)(N1CCOCC1)N1CCC(Nc2nc(-c3ccccc3)cs2)CC1. The molecule has 2 aliphatic rings. The Kier molecular flexibility index (Phi) is 5.74. The van der Waals surface area contributed by atoms with Crippen LogP contribution in [0.2, 0.25) is 0 Å². The van der Waals surface area contributed by atoms with Gasteiger partial charge >= 0.3 is 0 Å². The van der Waals surface area contributed by atoms with Crippen LogP contribution in [0.5, 0.6) is 0 Å². The first-order chi connectivity index (χ1) is 13.1. The normalized spacial score (nSPS) is 20.6. The molecule has 2 saturated heterocycles. The molecule has 9 heteroatoms. The van der Waals surface area contributed by atoms with E-state index in [4.69, 9.17) is 4.74 Å². The molecule has 1 N–H and O–H groups in total. The quantitative estimate of drug-likeness (QED) is 0.821. The van der Waals surface area contributed by atoms with Gasteiger partial charge in [0.25, 0.3) is 10.2 Å². The third kappa shape index (κ3) is 4.33. The van der Waals surface area contributed by atoms with Crippen LogP contribution in [0.3, 0.4) is 0 Å². The molecule has 2 fully saturated rings. The van der Waals surface area contributed by atoms with Crippen LogP contribution in [0.1, 0.15) is 12.8 Å². The Morgan fingerprint density at radius 1 is 1.04 bits per heavy atom. The summed E-state index contributed by atoms with van der Waals surface area (Å²) in [5.74, 6) is 0. The minimum Gasteiger partial charge on any atom is -0.379 e. The van der Waals surface area contributed by atoms with Crippen LogP contribution in [-0.2, 0) is 14.9 Å². The van der Waals surface area contributed by atoms with Crippen molar-refractivity contribution in [1.29, 1.82) is 0 Å². The van der Waals surface area contributed by atoms with Crippen LogP contribution in [-0.4, -0.2) is 67.4 Å². The fourth-order valence-electron chi connectivity index (χ4n) is 3.43. The van der Waals surface area contributed by atoms with E-state index >= 15 is 0 Å². The Balaban J connectivity index is 1.33. The summed E-state index contributed by atoms with van der Waals surface area (Å²) in [5, 5.41) is 6.42. The summed E-state index contributed by atoms with van der Waals surface area (Å²) in [6, 6.07) is 10.4. The van der Waals surface area contributed by atoms with E-state index in [2.05, 4.69) is 15.7 Å². The topological polar surface area (TPSA) is 74.8 Å². The van der Waals surface area contributed by atoms with Gasteiger partial charge in [0.15, 0.2) is 5.13 Å². The third-order valence-electron chi connectivity index (χ3n) is 4.98. The lowest BCUT2D eigenvalue weighted by molar-refractivity contribution is 0.0697. The molecule has 0 unspecified atom stereocenters. The average molecular weight is 409 g/mol. The summed E-state index contributed by atoms with van der Waals surface area (Å²) < 4.78 is 33.9. The van der Waals surface area contributed by atoms with Crippen LogP contribution in [0.15, 0.2) is 35.7 Å². The Hall–Kier alpha value is -1.52. The van der Waals surface area contributed by atoms with Crippen molar-refractivity contribution in [2.45, 2.75) is 18.9 Å². The van der Waals surface area contributed by atoms with E-state index in [0.29, 0.717) is 39.4 Å². The van der Waals surface area contributed by atoms with Gasteiger partial charge < -0.3 is 10.1 Å². The van der Waals surface area contributed by atoms with Gasteiger partial charge in [-0.2, -0.15) is 17.0 Å². The molecule has 0 saturated carbocycles. The lowest BCUT2D eigenvalue weighted by atomic mass is 10.1. The van der Waals surface area contributed by atoms with E-state index < -0.39 is 10.2 Å². The van der Waals surface area contributed by atoms with Gasteiger partial charge in [-0.05, 0) is 12.8 Å². The van der Waals surface area contributed by atoms with E-state index in [1.165, 1.54) is 4.31 Å². The Bertz CT molecular complexity index is 843. The summed E-state index contributed by atoms with van der Waals surface area (Å²) in [5.41, 5.74) is 2.07. The molecule has 0 amide bonds. The Morgan fingerprint density at radius 3 is 2.41 bits per heavy atom. The molecule has 0 bridgehead atoms. The molecule has 3 heterocycles. The summed E-state index contributed by atoms with van der Waals surface area (Å²) in [6.07, 6.45) is 1.56. The van der Waals surface area contributed by atoms with Crippen molar-refractivity contribution in [1.82, 2.24) is 13.6 Å². The van der Waals surface area contributed by atoms with Crippen LogP contribution in [0, 0.1) is 0 Å². The summed E-state index contributed by atoms with van der Waals surface area (Å²) in [6.45, 7) is 2.92. The molecular weight excluding hydrogens is 384 g/mol. The second-order valence-electron chi connectivity index (χ2n) is 6.74. The number of morpholine rings is 1. The maximum Gasteiger partial charge on any atom is 0.282 e. The minimum absolute atomic E-state index is 0.246. The molecule has 2 aliphatic heterocycles. The molecule has 0 atom stereocenters. The number of nitrogens with one attached hydrogen (secondary N) is 1. The predicted molar refractivity (Wildman–Crippen MR) is 107 cm³/mol. The Labute approximate surface area is 164 Å². The number of nitrogens with zero attached hydrogens (tertiary/aromatic N) is 3. The molecule has 1 aromatic heterocycles. The van der Waals surface area contributed by atoms with Gasteiger partial charge in [0.05, 0.1) is 18.9 Å². The molecule has 7 nitrogen and oxygen atoms in total. The second-order valence-corrected chi connectivity index (χ2v) is 9.53. The first-order valence-electron chi connectivity index (χ1n) is 9.23. The van der Waals surface area contributed by atoms with Crippen molar-refractivity contribution in [2.75, 3.05) is 44.7 Å². The average Bonchev–Trinajstić information content (AvgIpc) is 3.18. The van der Waals surface area contributed by atoms with Crippen molar-refractivity contribution < 1.29 is 13.2 Å². The highest BCUT2D eigenvalue weighted by Gasteiger charge is 2.33. The number of hydrogen-bond acceptors (Lipinski definition) is 6. The molecule has 0 spiro atoms. The van der Waals surface area contributed by atoms with E-state index in [9.17, 15) is 8.42 Å². The van der Waals surface area contributed by atoms with E-state index in [1.54, 1.807) is 15.6 Å². The first kappa shape index (κ1) is 18.8. The molecule has 0 radical (unpaired) electrons. The van der Waals surface area contributed by atoms with Gasteiger partial charge in [0.2, 0.25) is 0 Å². The van der Waals surface area contributed by atoms with Gasteiger partial charge in [0.1, 0.15) is 0 Å². The van der Waals surface area contributed by atoms with E-state index in [1.807, 2.05) is 30.3 Å². The largest absolute Gasteiger partial charge is 0.379 e. The molecule has 146 valence electrons. The monoisotopic (exact) mass is 408 g/mol. The number of piperidine rings is 1. The summed E-state index contributed by atoms with van der Waals surface area (Å²) >= 11 is 1.59. The number of thiazole rings is 1. The van der Waals surface area contributed by atoms with Gasteiger partial charge in [-0.3, -0.25) is 0 Å². The number of hydrogen-bond donors (Lipinski definition) is 1. The van der Waals surface area contributed by atoms with Crippen molar-refractivity contribution in [3.8, 4) is 11.3 Å². The fraction of sp³-hybridized carbons (Fsp3) is 0.500. The molecule has 4 rings (SSSR count). The first-order valence-corrected chi connectivity index (χ1v) is 11.5. The molecule has 27 heavy (non-hydrogen) atoms. The zero-order valence-corrected chi connectivity index (χ0v) is 16.7. The summed E-state index contributed by atoms with van der Waals surface area (Å²) in [7, 11) is -3.37. The van der Waals surface area contributed by atoms with Gasteiger partial charge in [0, 0.05) is 43.2 Å². The van der Waals surface area contributed by atoms with E-state index in [-0.39, 0.29) is 6.04 Å². The van der Waals surface area contributed by atoms with E-state index in [0.717, 1.165) is 29.2 Å². The molecule has 1 aromatic carbocycles. The number of benzene rings is 1. The number of aromatic nitrogens is 1. The smallest absolute Gasteiger partial charge is 0.282 e. The highest BCUT2D eigenvalue weighted by atomic mass is 32.2. The molecule has 2 aromatic rings. The second kappa shape index (κ2) is 8.24. The number of rotatable bonds is 5. The lowest BCUT2D eigenvalue weighted by Gasteiger charge is -2.36. The van der Waals surface area contributed by atoms with Gasteiger partial charge in [-0.25, -0.2) is 4.98 Å². The Morgan fingerprint density at radius 2 is 1.70 bits per heavy atom. The number of anilines is 1. The minimum atomic E-state index is -3.37. The van der Waals surface area contributed by atoms with Crippen molar-refractivity contribution >= 4 is 26.7 Å². The van der Waals surface area contributed by atoms with Gasteiger partial charge in [-0.15, -0.1) is 11.3 Å². The molecular formula is C18H24N4O3S2. The highest BCUT2D eigenvalue weighted by Crippen LogP contribution is 2.27. The zero-order chi connectivity index (χ0) is 18.7.